The highest BCUT2D eigenvalue weighted by molar-refractivity contribution is 6.29. The van der Waals surface area contributed by atoms with Gasteiger partial charge in [-0.2, -0.15) is 0 Å². The van der Waals surface area contributed by atoms with Crippen LogP contribution >= 0.6 is 0 Å². The maximum Gasteiger partial charge on any atom is 0.0726 e. The van der Waals surface area contributed by atoms with E-state index in [1.807, 2.05) is 0 Å². The quantitative estimate of drug-likeness (QED) is 0.160. The van der Waals surface area contributed by atoms with E-state index in [0.29, 0.717) is 0 Å². The molecule has 0 saturated carbocycles. The molecule has 0 amide bonds. The van der Waals surface area contributed by atoms with Gasteiger partial charge in [-0.15, -0.1) is 0 Å². The zero-order valence-electron chi connectivity index (χ0n) is 35.4. The highest BCUT2D eigenvalue weighted by Gasteiger charge is 2.52. The van der Waals surface area contributed by atoms with Gasteiger partial charge in [0.25, 0.3) is 0 Å². The summed E-state index contributed by atoms with van der Waals surface area (Å²) in [6, 6.07) is 86.8. The van der Waals surface area contributed by atoms with E-state index in [9.17, 15) is 0 Å². The fourth-order valence-electron chi connectivity index (χ4n) is 12.5. The summed E-state index contributed by atoms with van der Waals surface area (Å²) < 4.78 is 0. The summed E-state index contributed by atoms with van der Waals surface area (Å²) in [6.45, 7) is 2.42. The predicted molar refractivity (Wildman–Crippen MR) is 267 cm³/mol. The normalized spacial score (nSPS) is 15.8. The van der Waals surface area contributed by atoms with Crippen LogP contribution in [-0.2, 0) is 10.8 Å². The molecule has 0 heterocycles. The van der Waals surface area contributed by atoms with Gasteiger partial charge in [0.05, 0.1) is 16.8 Å². The second kappa shape index (κ2) is 13.0. The molecule has 14 rings (SSSR count). The molecule has 11 aromatic carbocycles. The third kappa shape index (κ3) is 4.43. The lowest BCUT2D eigenvalue weighted by Crippen LogP contribution is -2.26. The molecular weight excluding hydrogens is 771 g/mol. The first kappa shape index (κ1) is 35.6. The van der Waals surface area contributed by atoms with Gasteiger partial charge in [-0.1, -0.05) is 206 Å². The molecule has 11 aromatic rings. The predicted octanol–water partition coefficient (Wildman–Crippen LogP) is 16.3. The minimum atomic E-state index is -0.473. The van der Waals surface area contributed by atoms with E-state index in [2.05, 4.69) is 242 Å². The van der Waals surface area contributed by atoms with Crippen LogP contribution in [0.2, 0.25) is 0 Å². The summed E-state index contributed by atoms with van der Waals surface area (Å²) in [7, 11) is 0. The van der Waals surface area contributed by atoms with E-state index in [1.54, 1.807) is 0 Å². The van der Waals surface area contributed by atoms with Crippen molar-refractivity contribution in [1.82, 2.24) is 0 Å². The van der Waals surface area contributed by atoms with Crippen molar-refractivity contribution >= 4 is 49.4 Å². The van der Waals surface area contributed by atoms with Gasteiger partial charge in [0.2, 0.25) is 0 Å². The summed E-state index contributed by atoms with van der Waals surface area (Å²) in [4.78, 5) is 2.61. The lowest BCUT2D eigenvalue weighted by atomic mass is 9.70. The summed E-state index contributed by atoms with van der Waals surface area (Å²) in [5.41, 5.74) is 19.8. The highest BCUT2D eigenvalue weighted by atomic mass is 15.1. The Bertz CT molecular complexity index is 3660. The molecular formula is C63H41N. The number of hydrogen-bond acceptors (Lipinski definition) is 1. The molecule has 3 aliphatic rings. The Kier molecular flexibility index (Phi) is 7.24. The summed E-state index contributed by atoms with van der Waals surface area (Å²) in [5, 5.41) is 7.56. The molecule has 0 aromatic heterocycles. The van der Waals surface area contributed by atoms with Crippen LogP contribution in [0.15, 0.2) is 231 Å². The van der Waals surface area contributed by atoms with Crippen LogP contribution in [0.25, 0.3) is 65.7 Å². The average Bonchev–Trinajstić information content (AvgIpc) is 3.94. The van der Waals surface area contributed by atoms with Crippen molar-refractivity contribution in [2.24, 2.45) is 0 Å². The number of nitrogens with zero attached hydrogens (tertiary/aromatic N) is 1. The van der Waals surface area contributed by atoms with Crippen LogP contribution in [0.4, 0.5) is 17.1 Å². The first-order valence-corrected chi connectivity index (χ1v) is 22.5. The first-order chi connectivity index (χ1) is 31.7. The Balaban J connectivity index is 1.13. The number of rotatable bonds is 4. The Morgan fingerprint density at radius 2 is 0.750 bits per heavy atom. The first-order valence-electron chi connectivity index (χ1n) is 22.5. The summed E-state index contributed by atoms with van der Waals surface area (Å²) >= 11 is 0. The third-order valence-electron chi connectivity index (χ3n) is 15.1. The number of hydrogen-bond donors (Lipinski definition) is 0. The van der Waals surface area contributed by atoms with Crippen LogP contribution in [0.3, 0.4) is 0 Å². The molecule has 1 atom stereocenters. The van der Waals surface area contributed by atoms with Crippen molar-refractivity contribution in [3.05, 3.63) is 269 Å². The van der Waals surface area contributed by atoms with Crippen molar-refractivity contribution in [3.63, 3.8) is 0 Å². The minimum Gasteiger partial charge on any atom is -0.309 e. The topological polar surface area (TPSA) is 3.24 Å². The van der Waals surface area contributed by atoms with Gasteiger partial charge in [0, 0.05) is 22.1 Å². The number of anilines is 3. The van der Waals surface area contributed by atoms with Gasteiger partial charge < -0.3 is 4.90 Å². The van der Waals surface area contributed by atoms with E-state index in [1.165, 1.54) is 110 Å². The van der Waals surface area contributed by atoms with Crippen LogP contribution in [0, 0.1) is 0 Å². The number of benzene rings is 11. The van der Waals surface area contributed by atoms with Crippen LogP contribution < -0.4 is 4.90 Å². The molecule has 0 aliphatic heterocycles. The van der Waals surface area contributed by atoms with Gasteiger partial charge in [0.15, 0.2) is 0 Å². The van der Waals surface area contributed by atoms with Gasteiger partial charge >= 0.3 is 0 Å². The van der Waals surface area contributed by atoms with Gasteiger partial charge in [-0.3, -0.25) is 0 Å². The maximum absolute atomic E-state index is 2.61. The zero-order valence-corrected chi connectivity index (χ0v) is 35.4. The van der Waals surface area contributed by atoms with Crippen molar-refractivity contribution in [1.29, 1.82) is 0 Å². The third-order valence-corrected chi connectivity index (χ3v) is 15.1. The van der Waals surface area contributed by atoms with E-state index in [0.717, 1.165) is 11.4 Å². The Morgan fingerprint density at radius 1 is 0.312 bits per heavy atom. The van der Waals surface area contributed by atoms with Crippen LogP contribution in [0.5, 0.6) is 0 Å². The monoisotopic (exact) mass is 811 g/mol. The Hall–Kier alpha value is -8.00. The van der Waals surface area contributed by atoms with Crippen LogP contribution in [0.1, 0.15) is 45.9 Å². The largest absolute Gasteiger partial charge is 0.309 e. The molecule has 0 N–H and O–H groups in total. The summed E-state index contributed by atoms with van der Waals surface area (Å²) in [5.74, 6) is 0. The fourth-order valence-corrected chi connectivity index (χ4v) is 12.5. The molecule has 298 valence electrons. The van der Waals surface area contributed by atoms with Crippen molar-refractivity contribution in [3.8, 4) is 33.4 Å². The number of fused-ring (bicyclic) bond motifs is 19. The van der Waals surface area contributed by atoms with Crippen molar-refractivity contribution in [2.75, 3.05) is 4.90 Å². The second-order valence-corrected chi connectivity index (χ2v) is 18.0. The molecule has 64 heavy (non-hydrogen) atoms. The Labute approximate surface area is 373 Å². The molecule has 1 unspecified atom stereocenters. The summed E-state index contributed by atoms with van der Waals surface area (Å²) in [6.07, 6.45) is 0. The average molecular weight is 812 g/mol. The van der Waals surface area contributed by atoms with Gasteiger partial charge in [0.1, 0.15) is 0 Å². The smallest absolute Gasteiger partial charge is 0.0726 e. The molecule has 0 radical (unpaired) electrons. The van der Waals surface area contributed by atoms with Crippen LogP contribution in [-0.4, -0.2) is 0 Å². The van der Waals surface area contributed by atoms with Gasteiger partial charge in [-0.05, 0) is 125 Å². The molecule has 0 fully saturated rings. The molecule has 0 bridgehead atoms. The maximum atomic E-state index is 2.61. The Morgan fingerprint density at radius 3 is 1.38 bits per heavy atom. The molecule has 1 spiro atoms. The van der Waals surface area contributed by atoms with E-state index in [4.69, 9.17) is 0 Å². The molecule has 3 aliphatic carbocycles. The van der Waals surface area contributed by atoms with Crippen molar-refractivity contribution in [2.45, 2.75) is 17.8 Å². The van der Waals surface area contributed by atoms with E-state index < -0.39 is 5.41 Å². The zero-order chi connectivity index (χ0) is 42.1. The standard InChI is InChI=1S/C63H41N/c1-62(40-19-3-2-4-20-40)52-30-13-12-28-51(52)61-56(62)34-18-36-59(61)64(58-35-17-29-50-44-22-6-5-21-42(44)43-23-7-8-27-49(43)60(50)58)41-37-38-48-47-26-11-16-33-55(47)63(57(48)39-41)53-31-14-9-24-45(53)46-25-10-15-32-54(46)63/h2-39H,1H3. The second-order valence-electron chi connectivity index (χ2n) is 18.0. The molecule has 0 saturated heterocycles. The van der Waals surface area contributed by atoms with Gasteiger partial charge in [-0.25, -0.2) is 0 Å². The molecule has 1 heteroatoms. The van der Waals surface area contributed by atoms with E-state index >= 15 is 0 Å². The van der Waals surface area contributed by atoms with E-state index in [-0.39, 0.29) is 5.41 Å². The minimum absolute atomic E-state index is 0.350. The highest BCUT2D eigenvalue weighted by Crippen LogP contribution is 2.64. The lowest BCUT2D eigenvalue weighted by molar-refractivity contribution is 0.714. The van der Waals surface area contributed by atoms with Crippen molar-refractivity contribution < 1.29 is 0 Å². The lowest BCUT2D eigenvalue weighted by Gasteiger charge is -2.33. The fraction of sp³-hybridized carbons (Fsp3) is 0.0476. The SMILES string of the molecule is CC1(c2ccccc2)c2ccccc2-c2c(N(c3ccc4c(c3)C3(c5ccccc5-c5ccccc53)c3ccccc3-4)c3cccc4c5ccccc5c5ccccc5c34)cccc21. The molecule has 1 nitrogen and oxygen atoms in total.